The van der Waals surface area contributed by atoms with Gasteiger partial charge in [0.05, 0.1) is 75.2 Å². The highest BCUT2D eigenvalue weighted by Crippen LogP contribution is 2.64. The molecule has 9 saturated heterocycles. The van der Waals surface area contributed by atoms with E-state index in [9.17, 15) is 53.1 Å². The molecule has 0 aromatic carbocycles. The first-order valence-electron chi connectivity index (χ1n) is 39.8. The molecule has 9 aliphatic rings. The van der Waals surface area contributed by atoms with Gasteiger partial charge < -0.3 is 115 Å². The number of aliphatic hydroxyl groups excluding tert-OH is 1. The van der Waals surface area contributed by atoms with E-state index < -0.39 is 229 Å². The largest absolute Gasteiger partial charge is 0.472 e. The zero-order valence-electron chi connectivity index (χ0n) is 68.4. The van der Waals surface area contributed by atoms with Crippen LogP contribution in [-0.4, -0.2) is 258 Å². The Balaban J connectivity index is 0.000000131. The molecule has 6 unspecified atom stereocenters. The number of nitrogen functional groups attached to an aromatic ring is 6. The molecule has 29 atom stereocenters. The number of ether oxygens (including phenoxy) is 4. The highest BCUT2D eigenvalue weighted by Gasteiger charge is 2.60. The van der Waals surface area contributed by atoms with Crippen molar-refractivity contribution in [3.63, 3.8) is 0 Å². The van der Waals surface area contributed by atoms with Crippen molar-refractivity contribution in [2.45, 2.75) is 144 Å². The number of nitrogens with zero attached hydrogens (tertiary/aromatic N) is 15. The maximum absolute atomic E-state index is 16.1. The van der Waals surface area contributed by atoms with Crippen molar-refractivity contribution in [1.29, 1.82) is 0 Å². The van der Waals surface area contributed by atoms with Gasteiger partial charge >= 0.3 is 41.5 Å². The first-order valence-corrected chi connectivity index (χ1v) is 56.3. The number of anilines is 6. The van der Waals surface area contributed by atoms with E-state index in [4.69, 9.17) is 161 Å². The van der Waals surface area contributed by atoms with Gasteiger partial charge in [-0.2, -0.15) is 15.0 Å². The number of alkyl halides is 4. The zero-order valence-corrected chi connectivity index (χ0v) is 79.6. The lowest BCUT2D eigenvalue weighted by atomic mass is 9.99. The number of thioether (sulfide) groups is 2. The van der Waals surface area contributed by atoms with Crippen LogP contribution in [0.1, 0.15) is 42.1 Å². The van der Waals surface area contributed by atoms with Gasteiger partial charge in [-0.05, 0) is 83.6 Å². The highest BCUT2D eigenvalue weighted by atomic mass is 32.7. The molecule has 51 nitrogen and oxygen atoms in total. The zero-order chi connectivity index (χ0) is 96.3. The van der Waals surface area contributed by atoms with Crippen LogP contribution in [0.3, 0.4) is 0 Å². The number of phosphoric ester groups is 1. The van der Waals surface area contributed by atoms with Gasteiger partial charge in [0.2, 0.25) is 17.8 Å². The van der Waals surface area contributed by atoms with Crippen LogP contribution in [0, 0.1) is 12.3 Å². The third kappa shape index (κ3) is 18.8. The molecule has 12 aromatic rings. The van der Waals surface area contributed by atoms with Gasteiger partial charge in [0.25, 0.3) is 16.7 Å². The number of nitrogens with one attached hydrogen (secondary N) is 3. The lowest BCUT2D eigenvalue weighted by Gasteiger charge is -2.32. The van der Waals surface area contributed by atoms with Gasteiger partial charge in [-0.1, -0.05) is 18.2 Å². The molecule has 9 fully saturated rings. The Morgan fingerprint density at radius 3 is 1.39 bits per heavy atom. The molecule has 0 aliphatic carbocycles. The van der Waals surface area contributed by atoms with Crippen LogP contribution in [0.4, 0.5) is 52.5 Å². The van der Waals surface area contributed by atoms with Crippen LogP contribution in [0.15, 0.2) is 107 Å². The van der Waals surface area contributed by atoms with Gasteiger partial charge in [0.15, 0.2) is 76.3 Å². The van der Waals surface area contributed by atoms with Crippen molar-refractivity contribution in [2.24, 2.45) is 0 Å². The fraction of sp³-hybridized carbons (Fsp3) is 0.441. The standard InChI is InChI=1S/C24H25FN8O10P2S.C22H24F2N8O8P2S3.C22H25FN8O9P2S3/c1-2-24-9-39-45(37,46)43-18-16(25)13(40-22(18)33-10-29-17-20(33)30-23(27)31-21(17)34)8-38-44(35,36)42-14(24)7-15(41-24)32-6-4-11-12(26)3-5-28-19(11)32;23-12-11-6-37-42(35,44)39-15-10(38-20(13(15)24)31-4-2-8-9(25)1-3-27-17(8)31)5-36-41(34,43)40-16(12)21(45-11)32-7-28-14-18(32)29-22(26)30-19(14)33;23-12-15-10(38-20(12)30-4-2-8-9(24)1-3-26-17(8)30)5-36-41(34,43)40-16-14(32)11(6-37-42(35,44)39-15)45-21(16)31-7-27-13-18(31)28-22(25)29-19(13)33/h1,3-6,10,13-16,18,22H,7-9H2,(H2,26,28)(H,35,36)(H,37,46)(H3,27,30,31,34);1-4,7,10-13,15-16,20-21H,5-6H2,(H2,25,27)(H,34,43)(H,35,44)(H3,26,29,30,33);1-4,7,10-12,14-16,20-21,32H,5-6H2,(H2,24,26)(H,34,43)(H,35,44)(H3,25,28,29,33)/t13-,14+,15-,16+,18-,22-,24-,45?;10-,11-,12-,13+,15-,16-,20-,21-,41?,42?;10-,11-,12+,14-,15-,16-,20-,21-,41?,42?/m111/s1. The maximum Gasteiger partial charge on any atom is 0.472 e. The van der Waals surface area contributed by atoms with Gasteiger partial charge in [-0.25, -0.2) is 56.6 Å². The van der Waals surface area contributed by atoms with E-state index in [1.165, 1.54) is 55.7 Å². The monoisotopic (exact) mass is 2140 g/mol. The van der Waals surface area contributed by atoms with Crippen molar-refractivity contribution < 1.29 is 129 Å². The minimum absolute atomic E-state index is 0.0127. The van der Waals surface area contributed by atoms with Crippen LogP contribution < -0.4 is 51.1 Å². The molecule has 0 amide bonds. The molecule has 21 rings (SSSR count). The van der Waals surface area contributed by atoms with Gasteiger partial charge in [0, 0.05) is 76.8 Å². The fourth-order valence-corrected chi connectivity index (χ4v) is 28.1. The molecule has 21 N–H and O–H groups in total. The number of aromatic amines is 3. The average Bonchev–Trinajstić information content (AvgIpc) is 1.60. The normalized spacial score (nSPS) is 37.4. The Kier molecular flexibility index (Phi) is 26.5. The Bertz CT molecular complexity index is 7010. The summed E-state index contributed by atoms with van der Waals surface area (Å²) in [6.07, 6.45) is -8.87. The molecule has 728 valence electrons. The number of rotatable bonds is 6. The number of hydrogen-bond acceptors (Lipinski definition) is 43. The molecular weight excluding hydrogens is 2070 g/mol. The van der Waals surface area contributed by atoms with Crippen LogP contribution >= 0.6 is 77.3 Å². The number of imidazole rings is 3. The number of aliphatic hydroxyl groups is 1. The third-order valence-corrected chi connectivity index (χ3v) is 34.8. The van der Waals surface area contributed by atoms with Crippen LogP contribution in [0.5, 0.6) is 0 Å². The van der Waals surface area contributed by atoms with E-state index >= 15 is 17.6 Å². The Morgan fingerprint density at radius 2 is 0.882 bits per heavy atom. The molecule has 68 heteroatoms. The summed E-state index contributed by atoms with van der Waals surface area (Å²) >= 11 is 27.0. The first-order chi connectivity index (χ1) is 64.4. The summed E-state index contributed by atoms with van der Waals surface area (Å²) in [5.74, 6) is 1.75. The second-order valence-electron chi connectivity index (χ2n) is 31.4. The fourth-order valence-electron chi connectivity index (χ4n) is 16.6. The minimum Gasteiger partial charge on any atom is -0.398 e. The number of hydrogen-bond donors (Lipinski definition) is 16. The number of nitrogens with two attached hydrogens (primary N) is 6. The molecule has 9 aliphatic heterocycles. The number of thiol groups is 1. The minimum atomic E-state index is -5.00. The predicted molar refractivity (Wildman–Crippen MR) is 492 cm³/mol. The topological polar surface area (TPSA) is 703 Å². The number of halogens is 4. The van der Waals surface area contributed by atoms with Gasteiger partial charge in [-0.3, -0.25) is 79.2 Å². The first kappa shape index (κ1) is 97.3. The van der Waals surface area contributed by atoms with E-state index in [0.29, 0.717) is 50.2 Å². The van der Waals surface area contributed by atoms with Crippen molar-refractivity contribution in [3.8, 4) is 12.3 Å². The smallest absolute Gasteiger partial charge is 0.398 e. The van der Waals surface area contributed by atoms with Crippen LogP contribution in [-0.2, 0) is 130 Å². The number of phosphoric acid groups is 1. The summed E-state index contributed by atoms with van der Waals surface area (Å²) in [7, 11) is -5.00. The van der Waals surface area contributed by atoms with E-state index in [1.54, 1.807) is 53.4 Å². The molecule has 136 heavy (non-hydrogen) atoms. The molecule has 0 radical (unpaired) electrons. The number of pyridine rings is 3. The SMILES string of the molecule is C#C[C@@]12COP(O)(=S)O[C@@H]3[C@@H](F)[C@@H](COP(=O)(O)O[C@H]1C[C@H](n1ccc4c(N)ccnc41)O2)O[C@H]3n1cnc2c(=O)[nH]c(N)nc21.Nc1nc2c(ncn2[C@@H]2S[C@@H]3COP(O)(=S)O[C@H]4[C@H](F)[C@H](n5ccc6c(N)ccnc65)O[C@@H]4COP(=O)(S)O[C@@H]2[C@@H]3F)c(=O)[nH]1.Nc1nc2c(ncn2[C@@H]2S[C@@H]3COP(O)(=S)O[C@H]4[C@H](F)[C@H](n5ccc6c(N)ccnc65)O[C@@H]4COP(O)(=S)O[C@@H]2[C@@H]3O)c(=O)[nH]1. The molecule has 21 heterocycles. The van der Waals surface area contributed by atoms with Gasteiger partial charge in [0.1, 0.15) is 95.0 Å². The summed E-state index contributed by atoms with van der Waals surface area (Å²) in [6.45, 7) is -25.0. The number of aromatic nitrogens is 18. The van der Waals surface area contributed by atoms with Crippen LogP contribution in [0.2, 0.25) is 0 Å². The molecule has 0 spiro atoms. The van der Waals surface area contributed by atoms with E-state index in [-0.39, 0.29) is 64.4 Å². The molecule has 0 saturated carbocycles. The van der Waals surface area contributed by atoms with E-state index in [1.807, 2.05) is 0 Å². The second-order valence-corrected chi connectivity index (χ2v) is 49.5. The molecule has 6 bridgehead atoms. The second kappa shape index (κ2) is 37.1. The van der Waals surface area contributed by atoms with E-state index in [2.05, 4.69) is 78.0 Å². The number of H-pyrrole nitrogens is 3. The predicted octanol–water partition coefficient (Wildman–Crippen LogP) is 4.38. The van der Waals surface area contributed by atoms with Crippen molar-refractivity contribution in [2.75, 3.05) is 74.0 Å². The number of fused-ring (bicyclic) bond motifs is 15. The van der Waals surface area contributed by atoms with Crippen molar-refractivity contribution in [1.82, 2.24) is 87.2 Å². The lowest BCUT2D eigenvalue weighted by molar-refractivity contribution is -0.0919. The average molecular weight is 2150 g/mol. The van der Waals surface area contributed by atoms with Gasteiger partial charge in [-0.15, -0.1) is 29.9 Å². The Morgan fingerprint density at radius 1 is 0.471 bits per heavy atom. The van der Waals surface area contributed by atoms with Crippen molar-refractivity contribution >= 4 is 226 Å². The molecular formula is C68H74F4N24O27P6S7. The van der Waals surface area contributed by atoms with Crippen LogP contribution in [0.25, 0.3) is 66.6 Å². The van der Waals surface area contributed by atoms with E-state index in [0.717, 1.165) is 34.4 Å². The Hall–Kier alpha value is -7.57. The molecule has 12 aromatic heterocycles. The summed E-state index contributed by atoms with van der Waals surface area (Å²) in [5.41, 5.74) is 33.5. The summed E-state index contributed by atoms with van der Waals surface area (Å²) in [4.78, 5) is 136. The highest BCUT2D eigenvalue weighted by molar-refractivity contribution is 8.44. The summed E-state index contributed by atoms with van der Waals surface area (Å²) in [5, 5.41) is 9.13. The Labute approximate surface area is 791 Å². The third-order valence-electron chi connectivity index (χ3n) is 22.9. The van der Waals surface area contributed by atoms with Crippen molar-refractivity contribution in [3.05, 3.63) is 124 Å². The number of terminal acetylenes is 1. The quantitative estimate of drug-likeness (QED) is 0.0475. The maximum atomic E-state index is 16.1. The summed E-state index contributed by atoms with van der Waals surface area (Å²) < 4.78 is 190. The summed E-state index contributed by atoms with van der Waals surface area (Å²) in [6, 6.07) is 9.80. The lowest BCUT2D eigenvalue weighted by Crippen LogP contribution is -2.43.